The van der Waals surface area contributed by atoms with E-state index in [0.29, 0.717) is 17.1 Å². The Kier molecular flexibility index (Phi) is 4.31. The molecule has 0 amide bonds. The highest BCUT2D eigenvalue weighted by Crippen LogP contribution is 2.19. The lowest BCUT2D eigenvalue weighted by atomic mass is 10.3. The fourth-order valence-corrected chi connectivity index (χ4v) is 3.25. The molecule has 0 saturated heterocycles. The van der Waals surface area contributed by atoms with Crippen LogP contribution in [0.25, 0.3) is 0 Å². The van der Waals surface area contributed by atoms with Crippen LogP contribution in [0.1, 0.15) is 10.4 Å². The van der Waals surface area contributed by atoms with E-state index < -0.39 is 11.2 Å². The summed E-state index contributed by atoms with van der Waals surface area (Å²) in [6.45, 7) is 0.252. The van der Waals surface area contributed by atoms with Crippen molar-refractivity contribution in [1.82, 2.24) is 14.1 Å². The first-order valence-electron chi connectivity index (χ1n) is 6.74. The monoisotopic (exact) mass is 349 g/mol. The largest absolute Gasteiger partial charge is 0.331 e. The van der Waals surface area contributed by atoms with E-state index >= 15 is 0 Å². The Morgan fingerprint density at radius 1 is 1.17 bits per heavy atom. The number of aromatic nitrogens is 3. The molecular formula is C15H12ClN3O3S. The lowest BCUT2D eigenvalue weighted by molar-refractivity contribution is 0.612. The molecule has 0 bridgehead atoms. The first-order valence-corrected chi connectivity index (χ1v) is 8.00. The normalized spacial score (nSPS) is 10.8. The molecule has 1 N–H and O–H groups in total. The van der Waals surface area contributed by atoms with E-state index in [1.165, 1.54) is 34.4 Å². The van der Waals surface area contributed by atoms with Crippen LogP contribution >= 0.6 is 22.9 Å². The van der Waals surface area contributed by atoms with Gasteiger partial charge in [0.1, 0.15) is 0 Å². The Bertz CT molecular complexity index is 1020. The van der Waals surface area contributed by atoms with Gasteiger partial charge in [0.2, 0.25) is 0 Å². The minimum absolute atomic E-state index is 0.0696. The first kappa shape index (κ1) is 15.5. The van der Waals surface area contributed by atoms with Crippen LogP contribution in [0.5, 0.6) is 0 Å². The summed E-state index contributed by atoms with van der Waals surface area (Å²) in [5.74, 6) is 0. The molecule has 118 valence electrons. The summed E-state index contributed by atoms with van der Waals surface area (Å²) in [5.41, 5.74) is -0.883. The molecule has 8 heteroatoms. The maximum absolute atomic E-state index is 12.5. The fourth-order valence-electron chi connectivity index (χ4n) is 2.18. The Hall–Kier alpha value is -2.38. The van der Waals surface area contributed by atoms with Crippen LogP contribution in [0.2, 0.25) is 5.02 Å². The van der Waals surface area contributed by atoms with Crippen molar-refractivity contribution in [3.05, 3.63) is 88.7 Å². The molecule has 0 aliphatic carbocycles. The van der Waals surface area contributed by atoms with Crippen molar-refractivity contribution in [3.8, 4) is 0 Å². The second kappa shape index (κ2) is 6.39. The molecule has 23 heavy (non-hydrogen) atoms. The van der Waals surface area contributed by atoms with Crippen LogP contribution in [0.15, 0.2) is 56.4 Å². The van der Waals surface area contributed by atoms with Crippen LogP contribution in [0, 0.1) is 0 Å². The predicted octanol–water partition coefficient (Wildman–Crippen LogP) is 1.51. The van der Waals surface area contributed by atoms with Gasteiger partial charge in [0.25, 0.3) is 11.1 Å². The first-order chi connectivity index (χ1) is 11.0. The molecule has 0 fully saturated rings. The second-order valence-corrected chi connectivity index (χ2v) is 6.34. The fraction of sp³-hybridized carbons (Fsp3) is 0.133. The maximum Gasteiger partial charge on any atom is 0.331 e. The van der Waals surface area contributed by atoms with Crippen molar-refractivity contribution in [2.75, 3.05) is 0 Å². The number of aromatic amines is 1. The lowest BCUT2D eigenvalue weighted by Crippen LogP contribution is -2.40. The van der Waals surface area contributed by atoms with Gasteiger partial charge in [0.15, 0.2) is 0 Å². The number of rotatable bonds is 4. The zero-order chi connectivity index (χ0) is 16.4. The molecule has 3 aromatic heterocycles. The van der Waals surface area contributed by atoms with Crippen molar-refractivity contribution < 1.29 is 0 Å². The summed E-state index contributed by atoms with van der Waals surface area (Å²) in [7, 11) is 0. The van der Waals surface area contributed by atoms with Gasteiger partial charge >= 0.3 is 5.69 Å². The van der Waals surface area contributed by atoms with Gasteiger partial charge in [-0.05, 0) is 12.1 Å². The van der Waals surface area contributed by atoms with Crippen LogP contribution in [0.3, 0.4) is 0 Å². The molecule has 0 saturated carbocycles. The topological polar surface area (TPSA) is 76.9 Å². The van der Waals surface area contributed by atoms with Gasteiger partial charge in [-0.3, -0.25) is 18.7 Å². The van der Waals surface area contributed by atoms with E-state index in [-0.39, 0.29) is 12.1 Å². The number of thiophene rings is 1. The molecule has 0 unspecified atom stereocenters. The molecular weight excluding hydrogens is 338 g/mol. The number of hydrogen-bond acceptors (Lipinski definition) is 4. The van der Waals surface area contributed by atoms with Crippen LogP contribution in [-0.4, -0.2) is 14.1 Å². The molecule has 0 atom stereocenters. The third-order valence-electron chi connectivity index (χ3n) is 3.32. The van der Waals surface area contributed by atoms with Crippen molar-refractivity contribution in [2.45, 2.75) is 13.1 Å². The summed E-state index contributed by atoms with van der Waals surface area (Å²) in [6, 6.07) is 6.32. The average molecular weight is 350 g/mol. The summed E-state index contributed by atoms with van der Waals surface area (Å²) in [4.78, 5) is 39.6. The Labute approximate surface area is 139 Å². The zero-order valence-electron chi connectivity index (χ0n) is 11.9. The number of hydrogen-bond donors (Lipinski definition) is 1. The van der Waals surface area contributed by atoms with E-state index in [1.54, 1.807) is 23.6 Å². The highest BCUT2D eigenvalue weighted by molar-refractivity contribution is 7.10. The smallest absolute Gasteiger partial charge is 0.329 e. The minimum atomic E-state index is -0.467. The molecule has 3 heterocycles. The SMILES string of the molecule is O=c1[nH]cccc1Cn1c(=O)ccn(Cc2cc(Cl)cs2)c1=O. The van der Waals surface area contributed by atoms with Crippen molar-refractivity contribution in [1.29, 1.82) is 0 Å². The quantitative estimate of drug-likeness (QED) is 0.775. The summed E-state index contributed by atoms with van der Waals surface area (Å²) >= 11 is 7.31. The standard InChI is InChI=1S/C15H12ClN3O3S/c16-11-6-12(23-9-11)8-18-5-3-13(20)19(15(18)22)7-10-2-1-4-17-14(10)21/h1-6,9H,7-8H2,(H,17,21). The molecule has 0 aromatic carbocycles. The molecule has 0 aliphatic rings. The Balaban J connectivity index is 1.99. The molecule has 0 aliphatic heterocycles. The summed E-state index contributed by atoms with van der Waals surface area (Å²) in [5, 5.41) is 2.39. The minimum Gasteiger partial charge on any atom is -0.329 e. The number of nitrogens with one attached hydrogen (secondary N) is 1. The van der Waals surface area contributed by atoms with Crippen molar-refractivity contribution in [3.63, 3.8) is 0 Å². The van der Waals surface area contributed by atoms with Gasteiger partial charge in [-0.2, -0.15) is 0 Å². The second-order valence-electron chi connectivity index (χ2n) is 4.91. The molecule has 0 radical (unpaired) electrons. The third kappa shape index (κ3) is 3.35. The highest BCUT2D eigenvalue weighted by Gasteiger charge is 2.09. The van der Waals surface area contributed by atoms with Gasteiger partial charge in [-0.1, -0.05) is 17.7 Å². The van der Waals surface area contributed by atoms with E-state index in [1.807, 2.05) is 0 Å². The van der Waals surface area contributed by atoms with Crippen LogP contribution in [-0.2, 0) is 13.1 Å². The van der Waals surface area contributed by atoms with E-state index in [4.69, 9.17) is 11.6 Å². The summed E-state index contributed by atoms with van der Waals surface area (Å²) < 4.78 is 2.46. The third-order valence-corrected chi connectivity index (χ3v) is 4.58. The highest BCUT2D eigenvalue weighted by atomic mass is 35.5. The Morgan fingerprint density at radius 3 is 2.70 bits per heavy atom. The molecule has 3 rings (SSSR count). The van der Waals surface area contributed by atoms with Gasteiger partial charge in [0, 0.05) is 34.3 Å². The van der Waals surface area contributed by atoms with E-state index in [0.717, 1.165) is 9.44 Å². The molecule has 6 nitrogen and oxygen atoms in total. The molecule has 3 aromatic rings. The van der Waals surface area contributed by atoms with Gasteiger partial charge in [-0.15, -0.1) is 11.3 Å². The average Bonchev–Trinajstić information content (AvgIpc) is 2.93. The van der Waals surface area contributed by atoms with Crippen LogP contribution < -0.4 is 16.8 Å². The van der Waals surface area contributed by atoms with Gasteiger partial charge in [0.05, 0.1) is 18.1 Å². The van der Waals surface area contributed by atoms with Crippen LogP contribution in [0.4, 0.5) is 0 Å². The number of H-pyrrole nitrogens is 1. The van der Waals surface area contributed by atoms with E-state index in [2.05, 4.69) is 4.98 Å². The lowest BCUT2D eigenvalue weighted by Gasteiger charge is -2.08. The number of nitrogens with zero attached hydrogens (tertiary/aromatic N) is 2. The summed E-state index contributed by atoms with van der Waals surface area (Å²) in [6.07, 6.45) is 2.95. The zero-order valence-corrected chi connectivity index (χ0v) is 13.4. The van der Waals surface area contributed by atoms with Gasteiger partial charge < -0.3 is 4.98 Å². The van der Waals surface area contributed by atoms with Gasteiger partial charge in [-0.25, -0.2) is 4.79 Å². The predicted molar refractivity (Wildman–Crippen MR) is 89.6 cm³/mol. The number of pyridine rings is 1. The molecule has 0 spiro atoms. The van der Waals surface area contributed by atoms with E-state index in [9.17, 15) is 14.4 Å². The van der Waals surface area contributed by atoms with Crippen molar-refractivity contribution >= 4 is 22.9 Å². The maximum atomic E-state index is 12.5. The van der Waals surface area contributed by atoms with Crippen molar-refractivity contribution in [2.24, 2.45) is 0 Å². The Morgan fingerprint density at radius 2 is 2.00 bits per heavy atom. The number of halogens is 1.